The van der Waals surface area contributed by atoms with Crippen molar-refractivity contribution < 1.29 is 8.78 Å². The van der Waals surface area contributed by atoms with Gasteiger partial charge in [-0.15, -0.1) is 0 Å². The van der Waals surface area contributed by atoms with Crippen molar-refractivity contribution in [2.75, 3.05) is 0 Å². The fourth-order valence-corrected chi connectivity index (χ4v) is 0.844. The first-order valence-electron chi connectivity index (χ1n) is 3.20. The van der Waals surface area contributed by atoms with Crippen molar-refractivity contribution in [2.45, 2.75) is 0 Å². The molecule has 0 saturated carbocycles. The molecule has 0 amide bonds. The second-order valence-corrected chi connectivity index (χ2v) is 2.17. The standard InChI is InChI=1S/C9H5F2N/c1-2-7-8(10)3-6(5-12)4-9(7)11/h2-4H,1H2. The van der Waals surface area contributed by atoms with E-state index in [1.54, 1.807) is 6.07 Å². The Morgan fingerprint density at radius 2 is 1.83 bits per heavy atom. The van der Waals surface area contributed by atoms with Gasteiger partial charge < -0.3 is 0 Å². The fourth-order valence-electron chi connectivity index (χ4n) is 0.844. The molecule has 1 nitrogen and oxygen atoms in total. The summed E-state index contributed by atoms with van der Waals surface area (Å²) in [6.07, 6.45) is 1.08. The summed E-state index contributed by atoms with van der Waals surface area (Å²) in [5.41, 5.74) is -0.232. The maximum Gasteiger partial charge on any atom is 0.134 e. The SMILES string of the molecule is C=Cc1c(F)cc(C#N)cc1F. The van der Waals surface area contributed by atoms with Gasteiger partial charge in [-0.25, -0.2) is 8.78 Å². The van der Waals surface area contributed by atoms with Crippen LogP contribution >= 0.6 is 0 Å². The summed E-state index contributed by atoms with van der Waals surface area (Å²) in [4.78, 5) is 0. The first kappa shape index (κ1) is 8.41. The maximum absolute atomic E-state index is 12.8. The molecule has 0 atom stereocenters. The number of benzene rings is 1. The summed E-state index contributed by atoms with van der Waals surface area (Å²) < 4.78 is 25.7. The van der Waals surface area contributed by atoms with Gasteiger partial charge in [0.1, 0.15) is 11.6 Å². The molecule has 12 heavy (non-hydrogen) atoms. The molecule has 1 aromatic rings. The van der Waals surface area contributed by atoms with Crippen LogP contribution in [0.5, 0.6) is 0 Å². The summed E-state index contributed by atoms with van der Waals surface area (Å²) in [5.74, 6) is -1.52. The molecule has 0 aromatic heterocycles. The van der Waals surface area contributed by atoms with E-state index in [9.17, 15) is 8.78 Å². The molecule has 0 N–H and O–H groups in total. The van der Waals surface area contributed by atoms with Crippen molar-refractivity contribution >= 4 is 6.08 Å². The van der Waals surface area contributed by atoms with Gasteiger partial charge in [-0.2, -0.15) is 5.26 Å². The number of nitrogens with zero attached hydrogens (tertiary/aromatic N) is 1. The molecular weight excluding hydrogens is 160 g/mol. The second kappa shape index (κ2) is 3.14. The lowest BCUT2D eigenvalue weighted by Gasteiger charge is -1.98. The van der Waals surface area contributed by atoms with Crippen LogP contribution in [0.25, 0.3) is 6.08 Å². The van der Waals surface area contributed by atoms with Crippen LogP contribution in [-0.2, 0) is 0 Å². The summed E-state index contributed by atoms with van der Waals surface area (Å²) in [7, 11) is 0. The van der Waals surface area contributed by atoms with Gasteiger partial charge in [0.05, 0.1) is 11.6 Å². The van der Waals surface area contributed by atoms with E-state index < -0.39 is 11.6 Å². The van der Waals surface area contributed by atoms with Gasteiger partial charge in [-0.05, 0) is 12.1 Å². The highest BCUT2D eigenvalue weighted by atomic mass is 19.1. The zero-order valence-electron chi connectivity index (χ0n) is 6.14. The third-order valence-electron chi connectivity index (χ3n) is 1.41. The van der Waals surface area contributed by atoms with Crippen molar-refractivity contribution in [3.63, 3.8) is 0 Å². The van der Waals surface area contributed by atoms with Gasteiger partial charge in [0.15, 0.2) is 0 Å². The number of nitriles is 1. The van der Waals surface area contributed by atoms with Gasteiger partial charge in [-0.3, -0.25) is 0 Å². The Bertz CT molecular complexity index is 340. The van der Waals surface area contributed by atoms with Crippen LogP contribution in [0.4, 0.5) is 8.78 Å². The quantitative estimate of drug-likeness (QED) is 0.627. The van der Waals surface area contributed by atoms with Crippen LogP contribution in [0.3, 0.4) is 0 Å². The van der Waals surface area contributed by atoms with Gasteiger partial charge in [0.2, 0.25) is 0 Å². The number of rotatable bonds is 1. The first-order chi connectivity index (χ1) is 5.69. The minimum atomic E-state index is -0.762. The summed E-state index contributed by atoms with van der Waals surface area (Å²) >= 11 is 0. The summed E-state index contributed by atoms with van der Waals surface area (Å²) in [6.45, 7) is 3.25. The van der Waals surface area contributed by atoms with Crippen molar-refractivity contribution in [3.05, 3.63) is 41.5 Å². The van der Waals surface area contributed by atoms with E-state index in [0.29, 0.717) is 0 Å². The lowest BCUT2D eigenvalue weighted by atomic mass is 10.1. The van der Waals surface area contributed by atoms with Crippen molar-refractivity contribution in [2.24, 2.45) is 0 Å². The van der Waals surface area contributed by atoms with Crippen LogP contribution < -0.4 is 0 Å². The highest BCUT2D eigenvalue weighted by Crippen LogP contribution is 2.15. The minimum Gasteiger partial charge on any atom is -0.206 e. The molecule has 0 spiro atoms. The smallest absolute Gasteiger partial charge is 0.134 e. The molecule has 0 fully saturated rings. The largest absolute Gasteiger partial charge is 0.206 e. The van der Waals surface area contributed by atoms with Crippen LogP contribution in [0, 0.1) is 23.0 Å². The average Bonchev–Trinajstić information content (AvgIpc) is 2.03. The van der Waals surface area contributed by atoms with E-state index in [4.69, 9.17) is 5.26 Å². The molecule has 1 rings (SSSR count). The Labute approximate surface area is 68.6 Å². The predicted octanol–water partition coefficient (Wildman–Crippen LogP) is 2.48. The van der Waals surface area contributed by atoms with Gasteiger partial charge in [-0.1, -0.05) is 12.7 Å². The molecule has 60 valence electrons. The number of hydrogen-bond donors (Lipinski definition) is 0. The van der Waals surface area contributed by atoms with Crippen molar-refractivity contribution in [1.82, 2.24) is 0 Å². The predicted molar refractivity (Wildman–Crippen MR) is 41.2 cm³/mol. The Morgan fingerprint density at radius 3 is 2.17 bits per heavy atom. The topological polar surface area (TPSA) is 23.8 Å². The lowest BCUT2D eigenvalue weighted by Crippen LogP contribution is -1.90. The molecular formula is C9H5F2N. The van der Waals surface area contributed by atoms with Crippen LogP contribution in [0.1, 0.15) is 11.1 Å². The van der Waals surface area contributed by atoms with Crippen LogP contribution in [0.2, 0.25) is 0 Å². The average molecular weight is 165 g/mol. The van der Waals surface area contributed by atoms with E-state index in [1.807, 2.05) is 0 Å². The molecule has 0 aliphatic heterocycles. The summed E-state index contributed by atoms with van der Waals surface area (Å²) in [5, 5.41) is 8.34. The molecule has 0 aliphatic carbocycles. The highest BCUT2D eigenvalue weighted by Gasteiger charge is 2.06. The van der Waals surface area contributed by atoms with E-state index in [0.717, 1.165) is 18.2 Å². The third-order valence-corrected chi connectivity index (χ3v) is 1.41. The zero-order chi connectivity index (χ0) is 9.14. The molecule has 0 bridgehead atoms. The van der Waals surface area contributed by atoms with Crippen molar-refractivity contribution in [3.8, 4) is 6.07 Å². The zero-order valence-corrected chi connectivity index (χ0v) is 6.14. The van der Waals surface area contributed by atoms with E-state index in [2.05, 4.69) is 6.58 Å². The van der Waals surface area contributed by atoms with Crippen LogP contribution in [0.15, 0.2) is 18.7 Å². The molecule has 0 saturated heterocycles. The molecule has 0 unspecified atom stereocenters. The number of hydrogen-bond acceptors (Lipinski definition) is 1. The van der Waals surface area contributed by atoms with Crippen molar-refractivity contribution in [1.29, 1.82) is 5.26 Å². The molecule has 0 aliphatic rings. The summed E-state index contributed by atoms with van der Waals surface area (Å²) in [6, 6.07) is 3.59. The van der Waals surface area contributed by atoms with Gasteiger partial charge >= 0.3 is 0 Å². The van der Waals surface area contributed by atoms with E-state index in [1.165, 1.54) is 0 Å². The second-order valence-electron chi connectivity index (χ2n) is 2.17. The highest BCUT2D eigenvalue weighted by molar-refractivity contribution is 5.50. The monoisotopic (exact) mass is 165 g/mol. The Morgan fingerprint density at radius 1 is 1.33 bits per heavy atom. The normalized spacial score (nSPS) is 9.08. The lowest BCUT2D eigenvalue weighted by molar-refractivity contribution is 0.578. The third kappa shape index (κ3) is 1.32. The maximum atomic E-state index is 12.8. The Kier molecular flexibility index (Phi) is 2.20. The molecule has 3 heteroatoms. The molecule has 1 aromatic carbocycles. The van der Waals surface area contributed by atoms with Gasteiger partial charge in [0, 0.05) is 5.56 Å². The van der Waals surface area contributed by atoms with E-state index in [-0.39, 0.29) is 11.1 Å². The molecule has 0 heterocycles. The minimum absolute atomic E-state index is 0.0319. The first-order valence-corrected chi connectivity index (χ1v) is 3.20. The number of halogens is 2. The fraction of sp³-hybridized carbons (Fsp3) is 0. The van der Waals surface area contributed by atoms with Gasteiger partial charge in [0.25, 0.3) is 0 Å². The molecule has 0 radical (unpaired) electrons. The van der Waals surface area contributed by atoms with E-state index >= 15 is 0 Å². The Balaban J connectivity index is 3.39. The Hall–Kier alpha value is -1.69. The van der Waals surface area contributed by atoms with Crippen LogP contribution in [-0.4, -0.2) is 0 Å².